The molecule has 1 nitrogen and oxygen atoms in total. The van der Waals surface area contributed by atoms with Gasteiger partial charge in [-0.3, -0.25) is 0 Å². The first-order valence-corrected chi connectivity index (χ1v) is 8.48. The van der Waals surface area contributed by atoms with Crippen LogP contribution in [0.25, 0.3) is 0 Å². The number of hydrogen-bond acceptors (Lipinski definition) is 1. The van der Waals surface area contributed by atoms with Crippen LogP contribution in [0.5, 0.6) is 0 Å². The first-order chi connectivity index (χ1) is 9.17. The number of allylic oxidation sites excluding steroid dienone is 2. The van der Waals surface area contributed by atoms with Crippen LogP contribution in [0.3, 0.4) is 0 Å². The van der Waals surface area contributed by atoms with Crippen LogP contribution in [0.15, 0.2) is 11.6 Å². The smallest absolute Gasteiger partial charge is 0.0402 e. The summed E-state index contributed by atoms with van der Waals surface area (Å²) in [5.41, 5.74) is 1.90. The van der Waals surface area contributed by atoms with Gasteiger partial charge in [0.15, 0.2) is 0 Å². The predicted octanol–water partition coefficient (Wildman–Crippen LogP) is 4.80. The van der Waals surface area contributed by atoms with Crippen molar-refractivity contribution in [3.05, 3.63) is 11.6 Å². The van der Waals surface area contributed by atoms with Crippen molar-refractivity contribution in [3.8, 4) is 0 Å². The molecule has 0 aromatic carbocycles. The van der Waals surface area contributed by atoms with Crippen LogP contribution in [0.4, 0.5) is 0 Å². The lowest BCUT2D eigenvalue weighted by molar-refractivity contribution is 0.122. The van der Waals surface area contributed by atoms with Crippen molar-refractivity contribution in [1.29, 1.82) is 0 Å². The van der Waals surface area contributed by atoms with Crippen molar-refractivity contribution >= 4 is 0 Å². The van der Waals surface area contributed by atoms with E-state index in [0.29, 0.717) is 0 Å². The molecule has 0 amide bonds. The summed E-state index contributed by atoms with van der Waals surface area (Å²) in [6, 6.07) is 0. The number of fused-ring (bicyclic) bond motifs is 3. The molecule has 0 saturated heterocycles. The van der Waals surface area contributed by atoms with Gasteiger partial charge in [0.2, 0.25) is 0 Å². The Balaban J connectivity index is 0.000000408. The van der Waals surface area contributed by atoms with Gasteiger partial charge in [-0.1, -0.05) is 38.3 Å². The molecule has 0 heterocycles. The van der Waals surface area contributed by atoms with Gasteiger partial charge in [0, 0.05) is 6.61 Å². The van der Waals surface area contributed by atoms with Gasteiger partial charge in [-0.05, 0) is 68.6 Å². The summed E-state index contributed by atoms with van der Waals surface area (Å²) >= 11 is 0. The largest absolute Gasteiger partial charge is 0.397 e. The Bertz CT molecular complexity index is 307. The zero-order valence-electron chi connectivity index (χ0n) is 13.1. The summed E-state index contributed by atoms with van der Waals surface area (Å²) in [4.78, 5) is 0. The number of rotatable bonds is 0. The molecular formula is C18H32O. The van der Waals surface area contributed by atoms with Gasteiger partial charge in [0.1, 0.15) is 0 Å². The third kappa shape index (κ3) is 3.42. The van der Waals surface area contributed by atoms with Gasteiger partial charge in [0.25, 0.3) is 0 Å². The molecule has 3 aliphatic rings. The van der Waals surface area contributed by atoms with E-state index in [9.17, 15) is 0 Å². The highest BCUT2D eigenvalue weighted by molar-refractivity contribution is 5.19. The molecule has 0 aromatic heterocycles. The molecule has 2 fully saturated rings. The molecule has 5 atom stereocenters. The van der Waals surface area contributed by atoms with E-state index >= 15 is 0 Å². The van der Waals surface area contributed by atoms with Crippen molar-refractivity contribution in [2.45, 2.75) is 65.7 Å². The Morgan fingerprint density at radius 1 is 1.16 bits per heavy atom. The molecule has 0 aliphatic heterocycles. The van der Waals surface area contributed by atoms with E-state index in [2.05, 4.69) is 19.9 Å². The van der Waals surface area contributed by atoms with Crippen LogP contribution >= 0.6 is 0 Å². The molecule has 19 heavy (non-hydrogen) atoms. The van der Waals surface area contributed by atoms with Crippen molar-refractivity contribution in [1.82, 2.24) is 0 Å². The van der Waals surface area contributed by atoms with Crippen molar-refractivity contribution in [2.24, 2.45) is 29.6 Å². The first-order valence-electron chi connectivity index (χ1n) is 8.48. The van der Waals surface area contributed by atoms with E-state index in [0.717, 1.165) is 29.6 Å². The molecule has 0 spiro atoms. The molecule has 0 aromatic rings. The van der Waals surface area contributed by atoms with E-state index in [-0.39, 0.29) is 6.61 Å². The van der Waals surface area contributed by atoms with Gasteiger partial charge in [0.05, 0.1) is 0 Å². The Morgan fingerprint density at radius 3 is 2.63 bits per heavy atom. The Morgan fingerprint density at radius 2 is 1.89 bits per heavy atom. The molecule has 1 N–H and O–H groups in total. The number of aliphatic hydroxyl groups is 1. The lowest BCUT2D eigenvalue weighted by Gasteiger charge is -2.47. The van der Waals surface area contributed by atoms with Crippen LogP contribution in [-0.4, -0.2) is 11.7 Å². The first kappa shape index (κ1) is 15.1. The van der Waals surface area contributed by atoms with E-state index in [4.69, 9.17) is 5.11 Å². The highest BCUT2D eigenvalue weighted by Crippen LogP contribution is 2.51. The predicted molar refractivity (Wildman–Crippen MR) is 82.0 cm³/mol. The van der Waals surface area contributed by atoms with E-state index in [1.54, 1.807) is 6.92 Å². The fourth-order valence-corrected chi connectivity index (χ4v) is 4.74. The molecule has 3 aliphatic carbocycles. The van der Waals surface area contributed by atoms with E-state index in [1.165, 1.54) is 44.9 Å². The van der Waals surface area contributed by atoms with Gasteiger partial charge < -0.3 is 5.11 Å². The monoisotopic (exact) mass is 264 g/mol. The van der Waals surface area contributed by atoms with Crippen LogP contribution in [0, 0.1) is 29.6 Å². The maximum absolute atomic E-state index is 7.57. The maximum Gasteiger partial charge on any atom is 0.0402 e. The average Bonchev–Trinajstić information content (AvgIpc) is 2.39. The van der Waals surface area contributed by atoms with E-state index < -0.39 is 0 Å². The average molecular weight is 264 g/mol. The van der Waals surface area contributed by atoms with Crippen molar-refractivity contribution in [3.63, 3.8) is 0 Å². The molecule has 2 saturated carbocycles. The topological polar surface area (TPSA) is 20.2 Å². The molecule has 1 heteroatoms. The zero-order valence-corrected chi connectivity index (χ0v) is 13.1. The summed E-state index contributed by atoms with van der Waals surface area (Å²) in [6.45, 7) is 6.87. The lowest BCUT2D eigenvalue weighted by atomic mass is 9.58. The highest BCUT2D eigenvalue weighted by atomic mass is 16.2. The quantitative estimate of drug-likeness (QED) is 0.623. The fraction of sp³-hybridized carbons (Fsp3) is 0.889. The fourth-order valence-electron chi connectivity index (χ4n) is 4.74. The highest BCUT2D eigenvalue weighted by Gasteiger charge is 2.40. The minimum absolute atomic E-state index is 0.250. The number of hydrogen-bond donors (Lipinski definition) is 1. The van der Waals surface area contributed by atoms with Gasteiger partial charge in [-0.25, -0.2) is 0 Å². The third-order valence-corrected chi connectivity index (χ3v) is 5.61. The van der Waals surface area contributed by atoms with E-state index in [1.807, 2.05) is 5.57 Å². The second kappa shape index (κ2) is 6.92. The normalized spacial score (nSPS) is 41.3. The van der Waals surface area contributed by atoms with Crippen molar-refractivity contribution in [2.75, 3.05) is 6.61 Å². The number of aliphatic hydroxyl groups excluding tert-OH is 1. The lowest BCUT2D eigenvalue weighted by Crippen LogP contribution is -2.36. The summed E-state index contributed by atoms with van der Waals surface area (Å²) in [5, 5.41) is 7.57. The Labute approximate surface area is 119 Å². The minimum atomic E-state index is 0.250. The Hall–Kier alpha value is -0.300. The van der Waals surface area contributed by atoms with Crippen LogP contribution in [-0.2, 0) is 0 Å². The van der Waals surface area contributed by atoms with Crippen molar-refractivity contribution < 1.29 is 5.11 Å². The zero-order chi connectivity index (χ0) is 13.8. The SMILES string of the molecule is CC1CC=C2C(CCC3C(C)CCCC23)C1.CCO. The summed E-state index contributed by atoms with van der Waals surface area (Å²) < 4.78 is 0. The molecule has 5 unspecified atom stereocenters. The standard InChI is InChI=1S/C16H26.C2H6O/c1-11-6-8-15-13(10-11)7-9-14-12(2)4-3-5-16(14)15;1-2-3/h8,11-14,16H,3-7,9-10H2,1-2H3;3H,2H2,1H3. The molecule has 0 radical (unpaired) electrons. The summed E-state index contributed by atoms with van der Waals surface area (Å²) in [7, 11) is 0. The van der Waals surface area contributed by atoms with Gasteiger partial charge >= 0.3 is 0 Å². The second-order valence-electron chi connectivity index (χ2n) is 7.05. The minimum Gasteiger partial charge on any atom is -0.397 e. The second-order valence-corrected chi connectivity index (χ2v) is 7.05. The molecule has 3 rings (SSSR count). The molecule has 0 bridgehead atoms. The van der Waals surface area contributed by atoms with Crippen LogP contribution < -0.4 is 0 Å². The summed E-state index contributed by atoms with van der Waals surface area (Å²) in [6.07, 6.45) is 13.0. The third-order valence-electron chi connectivity index (χ3n) is 5.61. The molecule has 110 valence electrons. The van der Waals surface area contributed by atoms with Gasteiger partial charge in [-0.15, -0.1) is 0 Å². The maximum atomic E-state index is 7.57. The van der Waals surface area contributed by atoms with Gasteiger partial charge in [-0.2, -0.15) is 0 Å². The van der Waals surface area contributed by atoms with Crippen LogP contribution in [0.1, 0.15) is 65.7 Å². The summed E-state index contributed by atoms with van der Waals surface area (Å²) in [5.74, 6) is 4.97. The molecular weight excluding hydrogens is 232 g/mol. The Kier molecular flexibility index (Phi) is 5.50. The van der Waals surface area contributed by atoms with Crippen LogP contribution in [0.2, 0.25) is 0 Å².